The predicted molar refractivity (Wildman–Crippen MR) is 86.4 cm³/mol. The summed E-state index contributed by atoms with van der Waals surface area (Å²) in [6, 6.07) is 7.09. The minimum absolute atomic E-state index is 0.283. The van der Waals surface area contributed by atoms with E-state index in [0.29, 0.717) is 10.8 Å². The van der Waals surface area contributed by atoms with Gasteiger partial charge in [-0.3, -0.25) is 10.1 Å². The molecule has 0 aliphatic carbocycles. The van der Waals surface area contributed by atoms with Crippen LogP contribution in [-0.2, 0) is 4.79 Å². The largest absolute Gasteiger partial charge is 0.481 e. The Kier molecular flexibility index (Phi) is 4.98. The average molecular weight is 320 g/mol. The summed E-state index contributed by atoms with van der Waals surface area (Å²) in [5, 5.41) is 3.29. The Labute approximate surface area is 134 Å². The summed E-state index contributed by atoms with van der Waals surface area (Å²) in [6.45, 7) is 7.24. The molecule has 1 amide bonds. The van der Waals surface area contributed by atoms with Crippen molar-refractivity contribution in [3.63, 3.8) is 0 Å². The number of nitrogens with zero attached hydrogens (tertiary/aromatic N) is 2. The molecule has 0 aliphatic heterocycles. The molecule has 1 atom stereocenters. The van der Waals surface area contributed by atoms with Gasteiger partial charge in [-0.25, -0.2) is 9.97 Å². The first-order chi connectivity index (χ1) is 10.3. The SMILES string of the molecule is Cc1cc(C)nc(NC(=O)C(C)Oc2ccc(Cl)cc2C)n1. The second-order valence-electron chi connectivity index (χ2n) is 5.13. The summed E-state index contributed by atoms with van der Waals surface area (Å²) >= 11 is 5.90. The fourth-order valence-corrected chi connectivity index (χ4v) is 2.21. The minimum Gasteiger partial charge on any atom is -0.481 e. The van der Waals surface area contributed by atoms with Crippen molar-refractivity contribution in [3.8, 4) is 5.75 Å². The van der Waals surface area contributed by atoms with E-state index in [1.54, 1.807) is 25.1 Å². The molecular weight excluding hydrogens is 302 g/mol. The number of aromatic nitrogens is 2. The van der Waals surface area contributed by atoms with Crippen LogP contribution in [-0.4, -0.2) is 22.0 Å². The number of anilines is 1. The molecule has 0 radical (unpaired) electrons. The molecule has 2 rings (SSSR count). The van der Waals surface area contributed by atoms with E-state index in [1.165, 1.54) is 0 Å². The third-order valence-corrected chi connectivity index (χ3v) is 3.26. The number of hydrogen-bond acceptors (Lipinski definition) is 4. The Morgan fingerprint density at radius 2 is 1.82 bits per heavy atom. The van der Waals surface area contributed by atoms with Crippen LogP contribution in [0, 0.1) is 20.8 Å². The molecule has 1 N–H and O–H groups in total. The molecule has 1 aromatic carbocycles. The summed E-state index contributed by atoms with van der Waals surface area (Å²) < 4.78 is 5.67. The first kappa shape index (κ1) is 16.2. The molecule has 0 bridgehead atoms. The molecule has 0 saturated heterocycles. The highest BCUT2D eigenvalue weighted by Crippen LogP contribution is 2.23. The molecule has 0 aliphatic rings. The number of rotatable bonds is 4. The summed E-state index contributed by atoms with van der Waals surface area (Å²) in [4.78, 5) is 20.5. The van der Waals surface area contributed by atoms with E-state index in [4.69, 9.17) is 16.3 Å². The third-order valence-electron chi connectivity index (χ3n) is 3.03. The molecular formula is C16H18ClN3O2. The first-order valence-electron chi connectivity index (χ1n) is 6.91. The zero-order chi connectivity index (χ0) is 16.3. The van der Waals surface area contributed by atoms with E-state index in [9.17, 15) is 4.79 Å². The minimum atomic E-state index is -0.677. The number of nitrogens with one attached hydrogen (secondary N) is 1. The Morgan fingerprint density at radius 1 is 1.18 bits per heavy atom. The van der Waals surface area contributed by atoms with E-state index >= 15 is 0 Å². The van der Waals surface area contributed by atoms with Gasteiger partial charge in [-0.05, 0) is 57.5 Å². The van der Waals surface area contributed by atoms with E-state index < -0.39 is 6.10 Å². The van der Waals surface area contributed by atoms with E-state index in [1.807, 2.05) is 26.8 Å². The van der Waals surface area contributed by atoms with Crippen LogP contribution in [0.1, 0.15) is 23.9 Å². The zero-order valence-corrected chi connectivity index (χ0v) is 13.7. The van der Waals surface area contributed by atoms with Crippen molar-refractivity contribution in [3.05, 3.63) is 46.2 Å². The number of amides is 1. The molecule has 2 aromatic rings. The van der Waals surface area contributed by atoms with Crippen molar-refractivity contribution >= 4 is 23.5 Å². The quantitative estimate of drug-likeness (QED) is 0.937. The van der Waals surface area contributed by atoms with Crippen LogP contribution in [0.2, 0.25) is 5.02 Å². The van der Waals surface area contributed by atoms with Gasteiger partial charge in [-0.1, -0.05) is 11.6 Å². The van der Waals surface area contributed by atoms with Gasteiger partial charge in [0.1, 0.15) is 5.75 Å². The van der Waals surface area contributed by atoms with Crippen molar-refractivity contribution in [2.75, 3.05) is 5.32 Å². The molecule has 0 saturated carbocycles. The van der Waals surface area contributed by atoms with E-state index in [2.05, 4.69) is 15.3 Å². The number of benzene rings is 1. The van der Waals surface area contributed by atoms with Gasteiger partial charge >= 0.3 is 0 Å². The maximum atomic E-state index is 12.2. The highest BCUT2D eigenvalue weighted by atomic mass is 35.5. The topological polar surface area (TPSA) is 64.1 Å². The smallest absolute Gasteiger partial charge is 0.267 e. The van der Waals surface area contributed by atoms with Gasteiger partial charge in [-0.15, -0.1) is 0 Å². The van der Waals surface area contributed by atoms with Crippen molar-refractivity contribution in [1.82, 2.24) is 9.97 Å². The number of hydrogen-bond donors (Lipinski definition) is 1. The summed E-state index contributed by atoms with van der Waals surface area (Å²) in [5.74, 6) is 0.596. The van der Waals surface area contributed by atoms with Gasteiger partial charge in [0.2, 0.25) is 5.95 Å². The summed E-state index contributed by atoms with van der Waals surface area (Å²) in [6.07, 6.45) is -0.677. The average Bonchev–Trinajstić information content (AvgIpc) is 2.40. The highest BCUT2D eigenvalue weighted by molar-refractivity contribution is 6.30. The van der Waals surface area contributed by atoms with Gasteiger partial charge in [-0.2, -0.15) is 0 Å². The second kappa shape index (κ2) is 6.75. The molecule has 1 heterocycles. The Morgan fingerprint density at radius 3 is 2.41 bits per heavy atom. The molecule has 0 spiro atoms. The lowest BCUT2D eigenvalue weighted by Gasteiger charge is -2.16. The first-order valence-corrected chi connectivity index (χ1v) is 7.29. The van der Waals surface area contributed by atoms with Gasteiger partial charge in [0.25, 0.3) is 5.91 Å². The molecule has 22 heavy (non-hydrogen) atoms. The number of aryl methyl sites for hydroxylation is 3. The van der Waals surface area contributed by atoms with Gasteiger partial charge in [0, 0.05) is 16.4 Å². The lowest BCUT2D eigenvalue weighted by Crippen LogP contribution is -2.31. The van der Waals surface area contributed by atoms with Crippen LogP contribution in [0.25, 0.3) is 0 Å². The maximum absolute atomic E-state index is 12.2. The maximum Gasteiger partial charge on any atom is 0.267 e. The number of carbonyl (C=O) groups is 1. The Balaban J connectivity index is 2.05. The van der Waals surface area contributed by atoms with Crippen LogP contribution in [0.5, 0.6) is 5.75 Å². The fourth-order valence-electron chi connectivity index (χ4n) is 1.98. The van der Waals surface area contributed by atoms with Crippen molar-refractivity contribution in [2.24, 2.45) is 0 Å². The summed E-state index contributed by atoms with van der Waals surface area (Å²) in [5.41, 5.74) is 2.46. The number of carbonyl (C=O) groups excluding carboxylic acids is 1. The van der Waals surface area contributed by atoms with Crippen molar-refractivity contribution in [2.45, 2.75) is 33.8 Å². The number of ether oxygens (including phenoxy) is 1. The monoisotopic (exact) mass is 319 g/mol. The van der Waals surface area contributed by atoms with Crippen LogP contribution in [0.4, 0.5) is 5.95 Å². The van der Waals surface area contributed by atoms with Crippen LogP contribution < -0.4 is 10.1 Å². The van der Waals surface area contributed by atoms with Crippen LogP contribution in [0.15, 0.2) is 24.3 Å². The van der Waals surface area contributed by atoms with Crippen molar-refractivity contribution in [1.29, 1.82) is 0 Å². The zero-order valence-electron chi connectivity index (χ0n) is 13.0. The van der Waals surface area contributed by atoms with Gasteiger partial charge in [0.15, 0.2) is 6.10 Å². The predicted octanol–water partition coefficient (Wildman–Crippen LogP) is 3.46. The fraction of sp³-hybridized carbons (Fsp3) is 0.312. The molecule has 1 aromatic heterocycles. The second-order valence-corrected chi connectivity index (χ2v) is 5.57. The number of halogens is 1. The Bertz CT molecular complexity index is 684. The molecule has 1 unspecified atom stereocenters. The summed E-state index contributed by atoms with van der Waals surface area (Å²) in [7, 11) is 0. The molecule has 5 nitrogen and oxygen atoms in total. The lowest BCUT2D eigenvalue weighted by molar-refractivity contribution is -0.122. The standard InChI is InChI=1S/C16H18ClN3O2/c1-9-7-13(17)5-6-14(9)22-12(4)15(21)20-16-18-10(2)8-11(3)19-16/h5-8,12H,1-4H3,(H,18,19,20,21). The van der Waals surface area contributed by atoms with Gasteiger partial charge < -0.3 is 4.74 Å². The highest BCUT2D eigenvalue weighted by Gasteiger charge is 2.17. The lowest BCUT2D eigenvalue weighted by atomic mass is 10.2. The Hall–Kier alpha value is -2.14. The van der Waals surface area contributed by atoms with Gasteiger partial charge in [0.05, 0.1) is 0 Å². The molecule has 6 heteroatoms. The molecule has 116 valence electrons. The van der Waals surface area contributed by atoms with E-state index in [-0.39, 0.29) is 11.9 Å². The van der Waals surface area contributed by atoms with E-state index in [0.717, 1.165) is 17.0 Å². The normalized spacial score (nSPS) is 11.9. The van der Waals surface area contributed by atoms with Crippen LogP contribution in [0.3, 0.4) is 0 Å². The third kappa shape index (κ3) is 4.18. The van der Waals surface area contributed by atoms with Crippen LogP contribution >= 0.6 is 11.6 Å². The molecule has 0 fully saturated rings. The van der Waals surface area contributed by atoms with Crippen molar-refractivity contribution < 1.29 is 9.53 Å².